The third-order valence-corrected chi connectivity index (χ3v) is 6.22. The highest BCUT2D eigenvalue weighted by molar-refractivity contribution is 6.01. The van der Waals surface area contributed by atoms with Crippen LogP contribution in [0.1, 0.15) is 64.2 Å². The van der Waals surface area contributed by atoms with E-state index < -0.39 is 0 Å². The minimum absolute atomic E-state index is 0.0195. The summed E-state index contributed by atoms with van der Waals surface area (Å²) in [5.74, 6) is 0.619. The predicted octanol–water partition coefficient (Wildman–Crippen LogP) is 2.59. The summed E-state index contributed by atoms with van der Waals surface area (Å²) in [6.07, 6.45) is 12.5. The minimum Gasteiger partial charge on any atom is -0.295 e. The molecular weight excluding hydrogens is 248 g/mol. The van der Waals surface area contributed by atoms with Gasteiger partial charge in [0.2, 0.25) is 0 Å². The SMILES string of the molecule is O=C(C1(N2CCCCC2)CC1)C1(N2CCCCC2)CC1. The van der Waals surface area contributed by atoms with Crippen molar-refractivity contribution in [2.24, 2.45) is 0 Å². The van der Waals surface area contributed by atoms with Crippen LogP contribution >= 0.6 is 0 Å². The number of carbonyl (C=O) groups excluding carboxylic acids is 1. The lowest BCUT2D eigenvalue weighted by Gasteiger charge is -2.40. The summed E-state index contributed by atoms with van der Waals surface area (Å²) in [5, 5.41) is 0. The maximum absolute atomic E-state index is 13.3. The van der Waals surface area contributed by atoms with Crippen LogP contribution in [0.15, 0.2) is 0 Å². The number of nitrogens with zero attached hydrogens (tertiary/aromatic N) is 2. The van der Waals surface area contributed by atoms with Gasteiger partial charge in [-0.25, -0.2) is 0 Å². The molecule has 2 saturated carbocycles. The van der Waals surface area contributed by atoms with Crippen LogP contribution in [0.5, 0.6) is 0 Å². The van der Waals surface area contributed by atoms with E-state index in [-0.39, 0.29) is 11.1 Å². The largest absolute Gasteiger partial charge is 0.295 e. The van der Waals surface area contributed by atoms with Crippen LogP contribution in [0.25, 0.3) is 0 Å². The molecule has 4 fully saturated rings. The van der Waals surface area contributed by atoms with Crippen molar-refractivity contribution in [3.63, 3.8) is 0 Å². The molecule has 0 radical (unpaired) electrons. The van der Waals surface area contributed by atoms with Crippen molar-refractivity contribution in [2.75, 3.05) is 26.2 Å². The van der Waals surface area contributed by atoms with Gasteiger partial charge in [-0.05, 0) is 77.5 Å². The molecule has 2 heterocycles. The molecule has 20 heavy (non-hydrogen) atoms. The first kappa shape index (κ1) is 13.3. The molecule has 0 atom stereocenters. The van der Waals surface area contributed by atoms with E-state index >= 15 is 0 Å². The molecule has 112 valence electrons. The molecule has 2 aliphatic carbocycles. The number of Topliss-reactive ketones (excluding diaryl/α,β-unsaturated/α-hetero) is 1. The molecule has 3 nitrogen and oxygen atoms in total. The zero-order chi connectivity index (χ0) is 13.6. The van der Waals surface area contributed by atoms with Crippen molar-refractivity contribution in [3.05, 3.63) is 0 Å². The Balaban J connectivity index is 1.51. The minimum atomic E-state index is -0.0195. The first-order valence-electron chi connectivity index (χ1n) is 8.83. The molecule has 0 amide bonds. The highest BCUT2D eigenvalue weighted by Crippen LogP contribution is 2.54. The number of hydrogen-bond acceptors (Lipinski definition) is 3. The Kier molecular flexibility index (Phi) is 3.19. The quantitative estimate of drug-likeness (QED) is 0.788. The molecular formula is C17H28N2O. The first-order valence-corrected chi connectivity index (χ1v) is 8.83. The fourth-order valence-electron chi connectivity index (χ4n) is 4.69. The van der Waals surface area contributed by atoms with Crippen LogP contribution in [0.2, 0.25) is 0 Å². The van der Waals surface area contributed by atoms with Crippen LogP contribution in [0.3, 0.4) is 0 Å². The number of likely N-dealkylation sites (tertiary alicyclic amines) is 2. The summed E-state index contributed by atoms with van der Waals surface area (Å²) >= 11 is 0. The Morgan fingerprint density at radius 3 is 1.25 bits per heavy atom. The number of piperidine rings is 2. The Hall–Kier alpha value is -0.410. The molecule has 2 saturated heterocycles. The predicted molar refractivity (Wildman–Crippen MR) is 79.8 cm³/mol. The summed E-state index contributed by atoms with van der Waals surface area (Å²) in [7, 11) is 0. The average Bonchev–Trinajstić information content (AvgIpc) is 3.42. The molecule has 3 heteroatoms. The van der Waals surface area contributed by atoms with E-state index in [2.05, 4.69) is 9.80 Å². The van der Waals surface area contributed by atoms with Crippen LogP contribution in [0, 0.1) is 0 Å². The lowest BCUT2D eigenvalue weighted by Crippen LogP contribution is -2.56. The topological polar surface area (TPSA) is 23.6 Å². The second-order valence-corrected chi connectivity index (χ2v) is 7.49. The summed E-state index contributed by atoms with van der Waals surface area (Å²) in [4.78, 5) is 18.4. The first-order chi connectivity index (χ1) is 9.78. The lowest BCUT2D eigenvalue weighted by molar-refractivity contribution is -0.134. The van der Waals surface area contributed by atoms with Crippen molar-refractivity contribution < 1.29 is 4.79 Å². The van der Waals surface area contributed by atoms with Gasteiger partial charge in [-0.2, -0.15) is 0 Å². The number of ketones is 1. The maximum Gasteiger partial charge on any atom is 0.173 e. The van der Waals surface area contributed by atoms with Gasteiger partial charge in [0, 0.05) is 0 Å². The fourth-order valence-corrected chi connectivity index (χ4v) is 4.69. The van der Waals surface area contributed by atoms with E-state index in [1.165, 1.54) is 64.7 Å². The summed E-state index contributed by atoms with van der Waals surface area (Å²) in [6.45, 7) is 4.67. The van der Waals surface area contributed by atoms with E-state index in [9.17, 15) is 4.79 Å². The normalized spacial score (nSPS) is 32.8. The third kappa shape index (κ3) is 1.97. The maximum atomic E-state index is 13.3. The number of carbonyl (C=O) groups is 1. The zero-order valence-corrected chi connectivity index (χ0v) is 12.7. The van der Waals surface area contributed by atoms with Crippen LogP contribution < -0.4 is 0 Å². The molecule has 2 aliphatic heterocycles. The lowest BCUT2D eigenvalue weighted by atomic mass is 9.94. The average molecular weight is 276 g/mol. The van der Waals surface area contributed by atoms with E-state index in [1.807, 2.05) is 0 Å². The van der Waals surface area contributed by atoms with Crippen LogP contribution in [-0.2, 0) is 4.79 Å². The monoisotopic (exact) mass is 276 g/mol. The van der Waals surface area contributed by atoms with E-state index in [1.54, 1.807) is 0 Å². The summed E-state index contributed by atoms with van der Waals surface area (Å²) in [6, 6.07) is 0. The smallest absolute Gasteiger partial charge is 0.173 e. The summed E-state index contributed by atoms with van der Waals surface area (Å²) < 4.78 is 0. The molecule has 0 aromatic carbocycles. The van der Waals surface area contributed by atoms with Gasteiger partial charge in [-0.1, -0.05) is 12.8 Å². The Labute approximate surface area is 122 Å². The van der Waals surface area contributed by atoms with E-state index in [0.29, 0.717) is 5.78 Å². The number of hydrogen-bond donors (Lipinski definition) is 0. The van der Waals surface area contributed by atoms with Gasteiger partial charge in [0.15, 0.2) is 5.78 Å². The second kappa shape index (κ2) is 4.81. The molecule has 0 bridgehead atoms. The van der Waals surface area contributed by atoms with Gasteiger partial charge in [-0.15, -0.1) is 0 Å². The van der Waals surface area contributed by atoms with Crippen LogP contribution in [0.4, 0.5) is 0 Å². The van der Waals surface area contributed by atoms with Gasteiger partial charge < -0.3 is 0 Å². The molecule has 0 unspecified atom stereocenters. The van der Waals surface area contributed by atoms with Gasteiger partial charge in [0.05, 0.1) is 11.1 Å². The molecule has 4 aliphatic rings. The molecule has 0 N–H and O–H groups in total. The highest BCUT2D eigenvalue weighted by Gasteiger charge is 2.66. The molecule has 0 aromatic heterocycles. The Bertz CT molecular complexity index is 350. The van der Waals surface area contributed by atoms with Gasteiger partial charge in [0.1, 0.15) is 0 Å². The summed E-state index contributed by atoms with van der Waals surface area (Å²) in [5.41, 5.74) is -0.0390. The second-order valence-electron chi connectivity index (χ2n) is 7.49. The number of rotatable bonds is 4. The third-order valence-electron chi connectivity index (χ3n) is 6.22. The van der Waals surface area contributed by atoms with Crippen molar-refractivity contribution in [3.8, 4) is 0 Å². The molecule has 0 spiro atoms. The van der Waals surface area contributed by atoms with Crippen molar-refractivity contribution >= 4 is 5.78 Å². The van der Waals surface area contributed by atoms with Crippen molar-refractivity contribution in [1.82, 2.24) is 9.80 Å². The fraction of sp³-hybridized carbons (Fsp3) is 0.941. The molecule has 4 rings (SSSR count). The van der Waals surface area contributed by atoms with E-state index in [4.69, 9.17) is 0 Å². The van der Waals surface area contributed by atoms with Gasteiger partial charge in [0.25, 0.3) is 0 Å². The Morgan fingerprint density at radius 1 is 0.600 bits per heavy atom. The van der Waals surface area contributed by atoms with Gasteiger partial charge in [-0.3, -0.25) is 14.6 Å². The Morgan fingerprint density at radius 2 is 0.950 bits per heavy atom. The van der Waals surface area contributed by atoms with Crippen molar-refractivity contribution in [1.29, 1.82) is 0 Å². The van der Waals surface area contributed by atoms with Crippen molar-refractivity contribution in [2.45, 2.75) is 75.3 Å². The van der Waals surface area contributed by atoms with Crippen LogP contribution in [-0.4, -0.2) is 52.8 Å². The standard InChI is InChI=1S/C17H28N2O/c20-15(16(7-8-16)18-11-3-1-4-12-18)17(9-10-17)19-13-5-2-6-14-19/h1-14H2. The van der Waals surface area contributed by atoms with Gasteiger partial charge >= 0.3 is 0 Å². The van der Waals surface area contributed by atoms with E-state index in [0.717, 1.165) is 25.7 Å². The zero-order valence-electron chi connectivity index (χ0n) is 12.7. The molecule has 0 aromatic rings. The highest BCUT2D eigenvalue weighted by atomic mass is 16.1.